The molecule has 0 bridgehead atoms. The lowest BCUT2D eigenvalue weighted by atomic mass is 10.1. The van der Waals surface area contributed by atoms with Crippen LogP contribution < -0.4 is 19.7 Å². The van der Waals surface area contributed by atoms with E-state index >= 15 is 0 Å². The molecule has 2 heterocycles. The highest BCUT2D eigenvalue weighted by molar-refractivity contribution is 5.94. The maximum absolute atomic E-state index is 12.5. The van der Waals surface area contributed by atoms with Gasteiger partial charge < -0.3 is 19.7 Å². The van der Waals surface area contributed by atoms with Gasteiger partial charge in [-0.25, -0.2) is 0 Å². The van der Waals surface area contributed by atoms with Gasteiger partial charge in [-0.2, -0.15) is 0 Å². The molecule has 0 radical (unpaired) electrons. The number of para-hydroxylation sites is 1. The molecular formula is C22H27N3O3. The van der Waals surface area contributed by atoms with Crippen LogP contribution in [-0.2, 0) is 0 Å². The normalized spacial score (nSPS) is 17.8. The number of benzene rings is 2. The zero-order valence-corrected chi connectivity index (χ0v) is 16.3. The van der Waals surface area contributed by atoms with Crippen molar-refractivity contribution in [3.05, 3.63) is 54.1 Å². The van der Waals surface area contributed by atoms with Crippen molar-refractivity contribution in [2.75, 3.05) is 50.8 Å². The van der Waals surface area contributed by atoms with Crippen LogP contribution in [0.25, 0.3) is 0 Å². The van der Waals surface area contributed by atoms with Crippen molar-refractivity contribution in [1.82, 2.24) is 10.2 Å². The molecule has 0 saturated carbocycles. The second-order valence-electron chi connectivity index (χ2n) is 7.28. The number of fused-ring (bicyclic) bond motifs is 1. The molecule has 148 valence electrons. The van der Waals surface area contributed by atoms with Crippen molar-refractivity contribution in [2.24, 2.45) is 0 Å². The molecule has 6 heteroatoms. The van der Waals surface area contributed by atoms with Gasteiger partial charge in [-0.1, -0.05) is 18.2 Å². The number of anilines is 1. The molecule has 1 fully saturated rings. The molecule has 0 aliphatic carbocycles. The van der Waals surface area contributed by atoms with Crippen molar-refractivity contribution >= 4 is 11.6 Å². The maximum Gasteiger partial charge on any atom is 0.251 e. The van der Waals surface area contributed by atoms with E-state index in [1.54, 1.807) is 18.2 Å². The summed E-state index contributed by atoms with van der Waals surface area (Å²) in [5, 5.41) is 3.06. The van der Waals surface area contributed by atoms with Gasteiger partial charge in [0.25, 0.3) is 5.91 Å². The molecule has 1 N–H and O–H groups in total. The molecule has 1 unspecified atom stereocenters. The molecule has 2 aromatic carbocycles. The van der Waals surface area contributed by atoms with E-state index in [0.717, 1.165) is 26.2 Å². The Balaban J connectivity index is 1.26. The molecule has 4 rings (SSSR count). The average Bonchev–Trinajstić information content (AvgIpc) is 2.77. The molecule has 2 aliphatic heterocycles. The number of carbonyl (C=O) groups excluding carboxylic acids is 1. The van der Waals surface area contributed by atoms with Crippen LogP contribution in [0.5, 0.6) is 11.5 Å². The Kier molecular flexibility index (Phi) is 5.67. The van der Waals surface area contributed by atoms with Gasteiger partial charge in [-0.05, 0) is 37.3 Å². The Morgan fingerprint density at radius 3 is 2.46 bits per heavy atom. The molecule has 1 amide bonds. The SMILES string of the molecule is CC(CNC(=O)c1ccc2c(c1)OCCO2)N1CCN(c2ccccc2)CC1. The summed E-state index contributed by atoms with van der Waals surface area (Å²) >= 11 is 0. The summed E-state index contributed by atoms with van der Waals surface area (Å²) in [6, 6.07) is 16.2. The van der Waals surface area contributed by atoms with Gasteiger partial charge in [0.15, 0.2) is 11.5 Å². The van der Waals surface area contributed by atoms with Crippen molar-refractivity contribution in [3.8, 4) is 11.5 Å². The standard InChI is InChI=1S/C22H27N3O3/c1-17(24-9-11-25(12-10-24)19-5-3-2-4-6-19)16-23-22(26)18-7-8-20-21(15-18)28-14-13-27-20/h2-8,15,17H,9-14,16H2,1H3,(H,23,26). The van der Waals surface area contributed by atoms with Crippen LogP contribution in [0.2, 0.25) is 0 Å². The third-order valence-electron chi connectivity index (χ3n) is 5.42. The van der Waals surface area contributed by atoms with E-state index in [2.05, 4.69) is 46.3 Å². The van der Waals surface area contributed by atoms with E-state index in [-0.39, 0.29) is 5.91 Å². The largest absolute Gasteiger partial charge is 0.486 e. The number of nitrogens with one attached hydrogen (secondary N) is 1. The topological polar surface area (TPSA) is 54.0 Å². The first-order valence-electron chi connectivity index (χ1n) is 9.92. The van der Waals surface area contributed by atoms with Crippen molar-refractivity contribution in [3.63, 3.8) is 0 Å². The van der Waals surface area contributed by atoms with Crippen LogP contribution in [0.4, 0.5) is 5.69 Å². The number of amides is 1. The molecule has 2 aromatic rings. The number of nitrogens with zero attached hydrogens (tertiary/aromatic N) is 2. The van der Waals surface area contributed by atoms with E-state index in [1.165, 1.54) is 5.69 Å². The summed E-state index contributed by atoms with van der Waals surface area (Å²) in [7, 11) is 0. The van der Waals surface area contributed by atoms with E-state index in [1.807, 2.05) is 6.07 Å². The van der Waals surface area contributed by atoms with Gasteiger partial charge in [-0.3, -0.25) is 9.69 Å². The Morgan fingerprint density at radius 1 is 1.00 bits per heavy atom. The summed E-state index contributed by atoms with van der Waals surface area (Å²) in [5.41, 5.74) is 1.88. The lowest BCUT2D eigenvalue weighted by Gasteiger charge is -2.39. The smallest absolute Gasteiger partial charge is 0.251 e. The summed E-state index contributed by atoms with van der Waals surface area (Å²) in [6.45, 7) is 7.86. The third kappa shape index (κ3) is 4.22. The van der Waals surface area contributed by atoms with Crippen LogP contribution in [-0.4, -0.2) is 62.8 Å². The van der Waals surface area contributed by atoms with Crippen molar-refractivity contribution in [2.45, 2.75) is 13.0 Å². The number of ether oxygens (including phenoxy) is 2. The van der Waals surface area contributed by atoms with E-state index in [4.69, 9.17) is 9.47 Å². The number of rotatable bonds is 5. The molecule has 2 aliphatic rings. The fourth-order valence-corrected chi connectivity index (χ4v) is 3.72. The van der Waals surface area contributed by atoms with E-state index in [9.17, 15) is 4.79 Å². The summed E-state index contributed by atoms with van der Waals surface area (Å²) in [6.07, 6.45) is 0. The first kappa shape index (κ1) is 18.6. The predicted octanol–water partition coefficient (Wildman–Crippen LogP) is 2.40. The first-order chi connectivity index (χ1) is 13.7. The zero-order valence-electron chi connectivity index (χ0n) is 16.3. The Morgan fingerprint density at radius 2 is 1.71 bits per heavy atom. The summed E-state index contributed by atoms with van der Waals surface area (Å²) in [4.78, 5) is 17.4. The van der Waals surface area contributed by atoms with Gasteiger partial charge in [0, 0.05) is 50.0 Å². The second kappa shape index (κ2) is 8.52. The van der Waals surface area contributed by atoms with E-state index < -0.39 is 0 Å². The molecule has 28 heavy (non-hydrogen) atoms. The summed E-state index contributed by atoms with van der Waals surface area (Å²) < 4.78 is 11.1. The minimum absolute atomic E-state index is 0.0771. The number of hydrogen-bond donors (Lipinski definition) is 1. The fraction of sp³-hybridized carbons (Fsp3) is 0.409. The number of hydrogen-bond acceptors (Lipinski definition) is 5. The van der Waals surface area contributed by atoms with Gasteiger partial charge >= 0.3 is 0 Å². The maximum atomic E-state index is 12.5. The van der Waals surface area contributed by atoms with Crippen LogP contribution in [0.15, 0.2) is 48.5 Å². The Bertz CT molecular complexity index is 804. The highest BCUT2D eigenvalue weighted by Crippen LogP contribution is 2.30. The molecule has 1 saturated heterocycles. The van der Waals surface area contributed by atoms with Crippen molar-refractivity contribution < 1.29 is 14.3 Å². The molecule has 0 aromatic heterocycles. The lowest BCUT2D eigenvalue weighted by molar-refractivity contribution is 0.0933. The van der Waals surface area contributed by atoms with Gasteiger partial charge in [0.2, 0.25) is 0 Å². The zero-order chi connectivity index (χ0) is 19.3. The highest BCUT2D eigenvalue weighted by Gasteiger charge is 2.22. The number of piperazine rings is 1. The quantitative estimate of drug-likeness (QED) is 0.862. The minimum atomic E-state index is -0.0771. The monoisotopic (exact) mass is 381 g/mol. The van der Waals surface area contributed by atoms with E-state index in [0.29, 0.717) is 42.9 Å². The van der Waals surface area contributed by atoms with Gasteiger partial charge in [-0.15, -0.1) is 0 Å². The van der Waals surface area contributed by atoms with Crippen LogP contribution >= 0.6 is 0 Å². The molecule has 6 nitrogen and oxygen atoms in total. The number of carbonyl (C=O) groups is 1. The fourth-order valence-electron chi connectivity index (χ4n) is 3.72. The van der Waals surface area contributed by atoms with Crippen LogP contribution in [0.1, 0.15) is 17.3 Å². The second-order valence-corrected chi connectivity index (χ2v) is 7.28. The predicted molar refractivity (Wildman–Crippen MR) is 109 cm³/mol. The van der Waals surface area contributed by atoms with Crippen LogP contribution in [0.3, 0.4) is 0 Å². The Labute approximate surface area is 166 Å². The van der Waals surface area contributed by atoms with Gasteiger partial charge in [0.1, 0.15) is 13.2 Å². The van der Waals surface area contributed by atoms with Crippen molar-refractivity contribution in [1.29, 1.82) is 0 Å². The average molecular weight is 381 g/mol. The molecular weight excluding hydrogens is 354 g/mol. The van der Waals surface area contributed by atoms with Crippen LogP contribution in [0, 0.1) is 0 Å². The van der Waals surface area contributed by atoms with Gasteiger partial charge in [0.05, 0.1) is 0 Å². The highest BCUT2D eigenvalue weighted by atomic mass is 16.6. The first-order valence-corrected chi connectivity index (χ1v) is 9.92. The molecule has 0 spiro atoms. The molecule has 1 atom stereocenters. The minimum Gasteiger partial charge on any atom is -0.486 e. The Hall–Kier alpha value is -2.73. The third-order valence-corrected chi connectivity index (χ3v) is 5.42. The summed E-state index contributed by atoms with van der Waals surface area (Å²) in [5.74, 6) is 1.27. The lowest BCUT2D eigenvalue weighted by Crippen LogP contribution is -2.52.